The monoisotopic (exact) mass is 295 g/mol. The number of benzene rings is 1. The molecule has 1 amide bonds. The van der Waals surface area contributed by atoms with Gasteiger partial charge in [-0.25, -0.2) is 4.79 Å². The van der Waals surface area contributed by atoms with Gasteiger partial charge in [0.1, 0.15) is 0 Å². The minimum atomic E-state index is -0.518. The van der Waals surface area contributed by atoms with E-state index in [0.29, 0.717) is 10.7 Å². The average Bonchev–Trinajstić information content (AvgIpc) is 2.93. The van der Waals surface area contributed by atoms with E-state index in [9.17, 15) is 9.59 Å². The predicted octanol–water partition coefficient (Wildman–Crippen LogP) is 0.821. The highest BCUT2D eigenvalue weighted by Crippen LogP contribution is 2.23. The number of hydrogen-bond acceptors (Lipinski definition) is 6. The Morgan fingerprint density at radius 3 is 2.90 bits per heavy atom. The molecule has 1 aromatic heterocycles. The van der Waals surface area contributed by atoms with Crippen LogP contribution in [0.2, 0.25) is 5.02 Å². The Labute approximate surface area is 118 Å². The molecule has 104 valence electrons. The highest BCUT2D eigenvalue weighted by Gasteiger charge is 2.12. The first kappa shape index (κ1) is 13.9. The molecular formula is C11H10ClN5O3. The van der Waals surface area contributed by atoms with Crippen LogP contribution in [0.25, 0.3) is 0 Å². The first-order chi connectivity index (χ1) is 9.60. The quantitative estimate of drug-likeness (QED) is 0.808. The van der Waals surface area contributed by atoms with Crippen molar-refractivity contribution in [1.82, 2.24) is 20.6 Å². The zero-order valence-electron chi connectivity index (χ0n) is 10.4. The summed E-state index contributed by atoms with van der Waals surface area (Å²) in [6.45, 7) is 0. The van der Waals surface area contributed by atoms with Gasteiger partial charge in [0.25, 0.3) is 0 Å². The molecule has 9 heteroatoms. The molecular weight excluding hydrogens is 286 g/mol. The minimum Gasteiger partial charge on any atom is -0.465 e. The molecule has 0 spiro atoms. The Bertz CT molecular complexity index is 629. The smallest absolute Gasteiger partial charge is 0.337 e. The van der Waals surface area contributed by atoms with Crippen molar-refractivity contribution < 1.29 is 14.3 Å². The summed E-state index contributed by atoms with van der Waals surface area (Å²) in [6, 6.07) is 4.43. The molecule has 0 bridgehead atoms. The van der Waals surface area contributed by atoms with Gasteiger partial charge in [-0.05, 0) is 18.2 Å². The Hall–Kier alpha value is -2.48. The fourth-order valence-electron chi connectivity index (χ4n) is 1.46. The Kier molecular flexibility index (Phi) is 4.26. The summed E-state index contributed by atoms with van der Waals surface area (Å²) in [5.41, 5.74) is 0.592. The van der Waals surface area contributed by atoms with E-state index in [4.69, 9.17) is 11.6 Å². The summed E-state index contributed by atoms with van der Waals surface area (Å²) in [5.74, 6) is -0.645. The zero-order chi connectivity index (χ0) is 14.5. The van der Waals surface area contributed by atoms with Crippen LogP contribution in [0.4, 0.5) is 5.69 Å². The average molecular weight is 296 g/mol. The van der Waals surface area contributed by atoms with Gasteiger partial charge in [-0.2, -0.15) is 5.21 Å². The van der Waals surface area contributed by atoms with Crippen molar-refractivity contribution in [2.75, 3.05) is 12.4 Å². The number of aromatic amines is 1. The van der Waals surface area contributed by atoms with Crippen molar-refractivity contribution >= 4 is 29.2 Å². The lowest BCUT2D eigenvalue weighted by Crippen LogP contribution is -2.16. The summed E-state index contributed by atoms with van der Waals surface area (Å²) in [5, 5.41) is 15.8. The molecule has 1 aromatic carbocycles. The molecule has 0 aliphatic heterocycles. The third-order valence-electron chi connectivity index (χ3n) is 2.37. The zero-order valence-corrected chi connectivity index (χ0v) is 11.1. The van der Waals surface area contributed by atoms with Crippen LogP contribution in [-0.4, -0.2) is 39.6 Å². The molecule has 1 heterocycles. The molecule has 8 nitrogen and oxygen atoms in total. The number of methoxy groups -OCH3 is 1. The third-order valence-corrected chi connectivity index (χ3v) is 2.70. The number of H-pyrrole nitrogens is 1. The number of hydrogen-bond donors (Lipinski definition) is 2. The van der Waals surface area contributed by atoms with E-state index < -0.39 is 5.97 Å². The Morgan fingerprint density at radius 1 is 1.45 bits per heavy atom. The van der Waals surface area contributed by atoms with Crippen LogP contribution >= 0.6 is 11.6 Å². The van der Waals surface area contributed by atoms with Gasteiger partial charge in [-0.3, -0.25) is 4.79 Å². The number of nitrogens with one attached hydrogen (secondary N) is 2. The Morgan fingerprint density at radius 2 is 2.25 bits per heavy atom. The lowest BCUT2D eigenvalue weighted by atomic mass is 10.2. The molecule has 2 aromatic rings. The first-order valence-electron chi connectivity index (χ1n) is 5.50. The van der Waals surface area contributed by atoms with Gasteiger partial charge in [-0.1, -0.05) is 16.8 Å². The first-order valence-corrected chi connectivity index (χ1v) is 5.88. The van der Waals surface area contributed by atoms with Crippen molar-refractivity contribution in [3.8, 4) is 0 Å². The lowest BCUT2D eigenvalue weighted by molar-refractivity contribution is -0.115. The molecule has 2 N–H and O–H groups in total. The second-order valence-corrected chi connectivity index (χ2v) is 4.15. The lowest BCUT2D eigenvalue weighted by Gasteiger charge is -2.08. The maximum atomic E-state index is 11.8. The largest absolute Gasteiger partial charge is 0.465 e. The van der Waals surface area contributed by atoms with Crippen LogP contribution in [0, 0.1) is 0 Å². The summed E-state index contributed by atoms with van der Waals surface area (Å²) >= 11 is 5.95. The van der Waals surface area contributed by atoms with Gasteiger partial charge in [0.15, 0.2) is 5.82 Å². The van der Waals surface area contributed by atoms with Crippen LogP contribution < -0.4 is 5.32 Å². The molecule has 0 saturated carbocycles. The van der Waals surface area contributed by atoms with Crippen molar-refractivity contribution in [2.45, 2.75) is 6.42 Å². The number of esters is 1. The fraction of sp³-hybridized carbons (Fsp3) is 0.182. The van der Waals surface area contributed by atoms with Gasteiger partial charge in [0, 0.05) is 0 Å². The van der Waals surface area contributed by atoms with Crippen molar-refractivity contribution in [1.29, 1.82) is 0 Å². The highest BCUT2D eigenvalue weighted by atomic mass is 35.5. The van der Waals surface area contributed by atoms with E-state index in [2.05, 4.69) is 30.7 Å². The van der Waals surface area contributed by atoms with Gasteiger partial charge in [0.2, 0.25) is 5.91 Å². The van der Waals surface area contributed by atoms with Crippen LogP contribution in [0.5, 0.6) is 0 Å². The maximum Gasteiger partial charge on any atom is 0.337 e. The maximum absolute atomic E-state index is 11.8. The summed E-state index contributed by atoms with van der Waals surface area (Å²) < 4.78 is 4.59. The van der Waals surface area contributed by atoms with E-state index in [-0.39, 0.29) is 23.7 Å². The normalized spacial score (nSPS) is 10.1. The van der Waals surface area contributed by atoms with Crippen molar-refractivity contribution in [2.24, 2.45) is 0 Å². The number of aromatic nitrogens is 4. The molecule has 2 rings (SSSR count). The second-order valence-electron chi connectivity index (χ2n) is 3.74. The van der Waals surface area contributed by atoms with Crippen LogP contribution in [0.3, 0.4) is 0 Å². The standard InChI is InChI=1S/C11H10ClN5O3/c1-20-11(19)6-2-3-7(12)8(4-6)13-10(18)5-9-14-16-17-15-9/h2-4H,5H2,1H3,(H,13,18)(H,14,15,16,17). The number of nitrogens with zero attached hydrogens (tertiary/aromatic N) is 3. The van der Waals surface area contributed by atoms with E-state index >= 15 is 0 Å². The number of carbonyl (C=O) groups excluding carboxylic acids is 2. The summed E-state index contributed by atoms with van der Waals surface area (Å²) in [4.78, 5) is 23.2. The molecule has 0 atom stereocenters. The van der Waals surface area contributed by atoms with Gasteiger partial charge in [-0.15, -0.1) is 10.2 Å². The second kappa shape index (κ2) is 6.11. The number of carbonyl (C=O) groups is 2. The SMILES string of the molecule is COC(=O)c1ccc(Cl)c(NC(=O)Cc2nn[nH]n2)c1. The van der Waals surface area contributed by atoms with E-state index in [1.807, 2.05) is 0 Å². The molecule has 0 aliphatic carbocycles. The van der Waals surface area contributed by atoms with Crippen molar-refractivity contribution in [3.63, 3.8) is 0 Å². The van der Waals surface area contributed by atoms with Crippen LogP contribution in [-0.2, 0) is 16.0 Å². The van der Waals surface area contributed by atoms with Gasteiger partial charge in [0.05, 0.1) is 29.8 Å². The summed E-state index contributed by atoms with van der Waals surface area (Å²) in [7, 11) is 1.27. The van der Waals surface area contributed by atoms with Crippen LogP contribution in [0.1, 0.15) is 16.2 Å². The van der Waals surface area contributed by atoms with Gasteiger partial charge < -0.3 is 10.1 Å². The molecule has 0 saturated heterocycles. The topological polar surface area (TPSA) is 110 Å². The molecule has 0 radical (unpaired) electrons. The number of tetrazole rings is 1. The number of ether oxygens (including phenoxy) is 1. The van der Waals surface area contributed by atoms with E-state index in [1.54, 1.807) is 0 Å². The Balaban J connectivity index is 2.12. The van der Waals surface area contributed by atoms with Gasteiger partial charge >= 0.3 is 5.97 Å². The van der Waals surface area contributed by atoms with Crippen molar-refractivity contribution in [3.05, 3.63) is 34.6 Å². The molecule has 20 heavy (non-hydrogen) atoms. The third kappa shape index (κ3) is 3.29. The summed E-state index contributed by atoms with van der Waals surface area (Å²) in [6.07, 6.45) is -0.0602. The highest BCUT2D eigenvalue weighted by molar-refractivity contribution is 6.33. The van der Waals surface area contributed by atoms with E-state index in [0.717, 1.165) is 0 Å². The number of amides is 1. The number of halogens is 1. The minimum absolute atomic E-state index is 0.0602. The van der Waals surface area contributed by atoms with Crippen LogP contribution in [0.15, 0.2) is 18.2 Å². The number of anilines is 1. The molecule has 0 aliphatic rings. The fourth-order valence-corrected chi connectivity index (χ4v) is 1.63. The molecule has 0 fully saturated rings. The predicted molar refractivity (Wildman–Crippen MR) is 69.3 cm³/mol. The number of rotatable bonds is 4. The van der Waals surface area contributed by atoms with E-state index in [1.165, 1.54) is 25.3 Å². The molecule has 0 unspecified atom stereocenters.